The minimum Gasteiger partial charge on any atom is -0.393 e. The van der Waals surface area contributed by atoms with Gasteiger partial charge >= 0.3 is 6.03 Å². The molecule has 2 atom stereocenters. The molecule has 0 aliphatic carbocycles. The maximum Gasteiger partial charge on any atom is 0.319 e. The molecule has 0 heterocycles. The number of benzene rings is 2. The minimum atomic E-state index is -0.415. The summed E-state index contributed by atoms with van der Waals surface area (Å²) in [6, 6.07) is 17.6. The summed E-state index contributed by atoms with van der Waals surface area (Å²) in [5, 5.41) is 15.5. The molecule has 4 nitrogen and oxygen atoms in total. The number of aliphatic hydroxyl groups excluding tert-OH is 1. The SMILES string of the molecule is CCc1cccc(NC(=O)NCC(CC(C)O)c2ccccc2)c1. The van der Waals surface area contributed by atoms with Crippen molar-refractivity contribution in [2.75, 3.05) is 11.9 Å². The smallest absolute Gasteiger partial charge is 0.319 e. The van der Waals surface area contributed by atoms with Crippen molar-refractivity contribution in [1.82, 2.24) is 5.32 Å². The molecule has 2 amide bonds. The zero-order valence-corrected chi connectivity index (χ0v) is 14.3. The van der Waals surface area contributed by atoms with E-state index in [1.165, 1.54) is 5.56 Å². The predicted molar refractivity (Wildman–Crippen MR) is 98.3 cm³/mol. The number of nitrogens with one attached hydrogen (secondary N) is 2. The lowest BCUT2D eigenvalue weighted by atomic mass is 9.93. The Bertz CT molecular complexity index is 641. The Hall–Kier alpha value is -2.33. The number of rotatable bonds is 7. The maximum atomic E-state index is 12.1. The van der Waals surface area contributed by atoms with Crippen LogP contribution >= 0.6 is 0 Å². The molecule has 4 heteroatoms. The van der Waals surface area contributed by atoms with E-state index in [0.29, 0.717) is 13.0 Å². The number of carbonyl (C=O) groups excluding carboxylic acids is 1. The molecule has 2 aromatic carbocycles. The largest absolute Gasteiger partial charge is 0.393 e. The number of urea groups is 1. The van der Waals surface area contributed by atoms with Crippen molar-refractivity contribution in [3.63, 3.8) is 0 Å². The Kier molecular flexibility index (Phi) is 6.82. The summed E-state index contributed by atoms with van der Waals surface area (Å²) in [6.07, 6.45) is 1.12. The van der Waals surface area contributed by atoms with Gasteiger partial charge in [0.05, 0.1) is 6.10 Å². The number of aliphatic hydroxyl groups is 1. The first-order chi connectivity index (χ1) is 11.6. The van der Waals surface area contributed by atoms with E-state index in [4.69, 9.17) is 0 Å². The molecule has 0 radical (unpaired) electrons. The Labute approximate surface area is 143 Å². The van der Waals surface area contributed by atoms with E-state index in [-0.39, 0.29) is 11.9 Å². The summed E-state index contributed by atoms with van der Waals surface area (Å²) in [5.74, 6) is 0.0823. The Morgan fingerprint density at radius 2 is 1.88 bits per heavy atom. The van der Waals surface area contributed by atoms with Gasteiger partial charge in [-0.2, -0.15) is 0 Å². The molecule has 128 valence electrons. The summed E-state index contributed by atoms with van der Waals surface area (Å²) >= 11 is 0. The summed E-state index contributed by atoms with van der Waals surface area (Å²) in [6.45, 7) is 4.33. The number of hydrogen-bond acceptors (Lipinski definition) is 2. The maximum absolute atomic E-state index is 12.1. The Morgan fingerprint density at radius 3 is 2.54 bits per heavy atom. The average Bonchev–Trinajstić information content (AvgIpc) is 2.59. The van der Waals surface area contributed by atoms with Crippen molar-refractivity contribution >= 4 is 11.7 Å². The zero-order valence-electron chi connectivity index (χ0n) is 14.3. The first kappa shape index (κ1) is 18.0. The molecule has 0 bridgehead atoms. The normalized spacial score (nSPS) is 13.1. The van der Waals surface area contributed by atoms with E-state index < -0.39 is 6.10 Å². The summed E-state index contributed by atoms with van der Waals surface area (Å²) < 4.78 is 0. The number of hydrogen-bond donors (Lipinski definition) is 3. The Morgan fingerprint density at radius 1 is 1.12 bits per heavy atom. The van der Waals surface area contributed by atoms with Gasteiger partial charge in [-0.25, -0.2) is 4.79 Å². The van der Waals surface area contributed by atoms with Crippen LogP contribution in [0.5, 0.6) is 0 Å². The molecule has 0 fully saturated rings. The topological polar surface area (TPSA) is 61.4 Å². The minimum absolute atomic E-state index is 0.0823. The number of carbonyl (C=O) groups is 1. The highest BCUT2D eigenvalue weighted by molar-refractivity contribution is 5.89. The molecule has 2 aromatic rings. The third-order valence-electron chi connectivity index (χ3n) is 4.00. The number of aryl methyl sites for hydroxylation is 1. The van der Waals surface area contributed by atoms with Gasteiger partial charge in [-0.15, -0.1) is 0 Å². The quantitative estimate of drug-likeness (QED) is 0.722. The fourth-order valence-corrected chi connectivity index (χ4v) is 2.73. The molecule has 0 aliphatic rings. The monoisotopic (exact) mass is 326 g/mol. The van der Waals surface area contributed by atoms with Gasteiger partial charge in [-0.05, 0) is 43.0 Å². The van der Waals surface area contributed by atoms with Gasteiger partial charge in [0.25, 0.3) is 0 Å². The number of amides is 2. The van der Waals surface area contributed by atoms with E-state index in [0.717, 1.165) is 17.7 Å². The molecule has 24 heavy (non-hydrogen) atoms. The van der Waals surface area contributed by atoms with Crippen molar-refractivity contribution in [1.29, 1.82) is 0 Å². The average molecular weight is 326 g/mol. The third kappa shape index (κ3) is 5.70. The van der Waals surface area contributed by atoms with E-state index in [9.17, 15) is 9.90 Å². The van der Waals surface area contributed by atoms with Crippen LogP contribution in [-0.4, -0.2) is 23.8 Å². The fraction of sp³-hybridized carbons (Fsp3) is 0.350. The van der Waals surface area contributed by atoms with Gasteiger partial charge in [0.15, 0.2) is 0 Å². The van der Waals surface area contributed by atoms with Crippen LogP contribution in [0.2, 0.25) is 0 Å². The molecular formula is C20H26N2O2. The van der Waals surface area contributed by atoms with Crippen LogP contribution in [0.25, 0.3) is 0 Å². The number of anilines is 1. The van der Waals surface area contributed by atoms with Gasteiger partial charge in [0.1, 0.15) is 0 Å². The fourth-order valence-electron chi connectivity index (χ4n) is 2.73. The van der Waals surface area contributed by atoms with Gasteiger partial charge in [0.2, 0.25) is 0 Å². The highest BCUT2D eigenvalue weighted by atomic mass is 16.3. The lowest BCUT2D eigenvalue weighted by Gasteiger charge is -2.20. The Balaban J connectivity index is 1.94. The molecule has 0 saturated carbocycles. The van der Waals surface area contributed by atoms with Crippen LogP contribution in [0.15, 0.2) is 54.6 Å². The molecular weight excluding hydrogens is 300 g/mol. The van der Waals surface area contributed by atoms with Crippen LogP contribution in [0.4, 0.5) is 10.5 Å². The summed E-state index contributed by atoms with van der Waals surface area (Å²) in [5.41, 5.74) is 3.09. The predicted octanol–water partition coefficient (Wildman–Crippen LogP) is 3.93. The molecule has 2 unspecified atom stereocenters. The lowest BCUT2D eigenvalue weighted by Crippen LogP contribution is -2.33. The van der Waals surface area contributed by atoms with E-state index in [1.807, 2.05) is 54.6 Å². The third-order valence-corrected chi connectivity index (χ3v) is 4.00. The summed E-state index contributed by atoms with van der Waals surface area (Å²) in [7, 11) is 0. The van der Waals surface area contributed by atoms with Crippen LogP contribution in [-0.2, 0) is 6.42 Å². The van der Waals surface area contributed by atoms with Gasteiger partial charge in [-0.1, -0.05) is 49.4 Å². The molecule has 0 aromatic heterocycles. The standard InChI is InChI=1S/C20H26N2O2/c1-3-16-8-7-11-19(13-16)22-20(24)21-14-18(12-15(2)23)17-9-5-4-6-10-17/h4-11,13,15,18,23H,3,12,14H2,1-2H3,(H2,21,22,24). The van der Waals surface area contributed by atoms with Crippen molar-refractivity contribution < 1.29 is 9.90 Å². The van der Waals surface area contributed by atoms with Crippen molar-refractivity contribution in [2.24, 2.45) is 0 Å². The van der Waals surface area contributed by atoms with Gasteiger partial charge in [0, 0.05) is 18.2 Å². The second kappa shape index (κ2) is 9.08. The molecule has 0 aliphatic heterocycles. The highest BCUT2D eigenvalue weighted by Gasteiger charge is 2.15. The highest BCUT2D eigenvalue weighted by Crippen LogP contribution is 2.20. The lowest BCUT2D eigenvalue weighted by molar-refractivity contribution is 0.173. The summed E-state index contributed by atoms with van der Waals surface area (Å²) in [4.78, 5) is 12.1. The molecule has 0 spiro atoms. The first-order valence-corrected chi connectivity index (χ1v) is 8.45. The van der Waals surface area contributed by atoms with Crippen LogP contribution < -0.4 is 10.6 Å². The van der Waals surface area contributed by atoms with Crippen molar-refractivity contribution in [3.8, 4) is 0 Å². The second-order valence-corrected chi connectivity index (χ2v) is 6.08. The van der Waals surface area contributed by atoms with Crippen molar-refractivity contribution in [3.05, 3.63) is 65.7 Å². The molecule has 3 N–H and O–H groups in total. The van der Waals surface area contributed by atoms with E-state index >= 15 is 0 Å². The molecule has 2 rings (SSSR count). The van der Waals surface area contributed by atoms with Crippen LogP contribution in [0, 0.1) is 0 Å². The van der Waals surface area contributed by atoms with Crippen molar-refractivity contribution in [2.45, 2.75) is 38.7 Å². The second-order valence-electron chi connectivity index (χ2n) is 6.08. The zero-order chi connectivity index (χ0) is 17.4. The molecule has 0 saturated heterocycles. The van der Waals surface area contributed by atoms with Gasteiger partial charge < -0.3 is 15.7 Å². The van der Waals surface area contributed by atoms with E-state index in [1.54, 1.807) is 6.92 Å². The van der Waals surface area contributed by atoms with Crippen LogP contribution in [0.3, 0.4) is 0 Å². The van der Waals surface area contributed by atoms with E-state index in [2.05, 4.69) is 17.6 Å². The van der Waals surface area contributed by atoms with Crippen LogP contribution in [0.1, 0.15) is 37.3 Å². The van der Waals surface area contributed by atoms with Gasteiger partial charge in [-0.3, -0.25) is 0 Å². The first-order valence-electron chi connectivity index (χ1n) is 8.45.